The van der Waals surface area contributed by atoms with E-state index in [-0.39, 0.29) is 11.5 Å². The second kappa shape index (κ2) is 10.2. The van der Waals surface area contributed by atoms with Crippen LogP contribution < -0.4 is 4.74 Å². The zero-order chi connectivity index (χ0) is 23.4. The molecule has 0 aliphatic heterocycles. The highest BCUT2D eigenvalue weighted by Crippen LogP contribution is 2.30. The highest BCUT2D eigenvalue weighted by molar-refractivity contribution is 7.99. The van der Waals surface area contributed by atoms with Crippen LogP contribution in [0, 0.1) is 13.8 Å². The van der Waals surface area contributed by atoms with Gasteiger partial charge in [0.1, 0.15) is 5.75 Å². The molecule has 0 saturated carbocycles. The van der Waals surface area contributed by atoms with Gasteiger partial charge in [0.2, 0.25) is 0 Å². The molecule has 3 aromatic carbocycles. The van der Waals surface area contributed by atoms with E-state index in [1.54, 1.807) is 0 Å². The van der Waals surface area contributed by atoms with Gasteiger partial charge in [0, 0.05) is 21.8 Å². The fourth-order valence-corrected chi connectivity index (χ4v) is 4.63. The van der Waals surface area contributed by atoms with Crippen LogP contribution in [0.1, 0.15) is 28.4 Å². The van der Waals surface area contributed by atoms with Crippen molar-refractivity contribution < 1.29 is 9.53 Å². The van der Waals surface area contributed by atoms with Crippen molar-refractivity contribution in [1.82, 2.24) is 14.8 Å². The number of carbonyl (C=O) groups is 1. The lowest BCUT2D eigenvalue weighted by molar-refractivity contribution is 0.102. The number of ketones is 1. The highest BCUT2D eigenvalue weighted by Gasteiger charge is 2.19. The summed E-state index contributed by atoms with van der Waals surface area (Å²) in [4.78, 5) is 12.9. The Hall–Kier alpha value is -3.09. The van der Waals surface area contributed by atoms with Gasteiger partial charge < -0.3 is 4.74 Å². The Balaban J connectivity index is 1.68. The molecule has 0 aliphatic rings. The number of hydrogen-bond acceptors (Lipinski definition) is 5. The number of aromatic nitrogens is 3. The Bertz CT molecular complexity index is 1290. The van der Waals surface area contributed by atoms with Crippen LogP contribution in [0.15, 0.2) is 71.9 Å². The van der Waals surface area contributed by atoms with Gasteiger partial charge in [0.15, 0.2) is 16.8 Å². The first-order valence-electron chi connectivity index (χ1n) is 10.6. The van der Waals surface area contributed by atoms with Gasteiger partial charge in [-0.2, -0.15) is 0 Å². The van der Waals surface area contributed by atoms with Gasteiger partial charge in [0.25, 0.3) is 0 Å². The lowest BCUT2D eigenvalue weighted by Crippen LogP contribution is -2.07. The third kappa shape index (κ3) is 5.29. The van der Waals surface area contributed by atoms with Gasteiger partial charge in [-0.15, -0.1) is 10.2 Å². The standard InChI is InChI=1S/C26H24ClN3O2S/c1-4-32-22-11-9-21(10-12-22)30-25(19-6-5-7-20(27)15-19)28-29-26(30)33-16-24(31)23-13-8-17(2)14-18(23)3/h5-15H,4,16H2,1-3H3. The number of halogens is 1. The van der Waals surface area contributed by atoms with Crippen LogP contribution in [-0.4, -0.2) is 32.9 Å². The molecule has 0 saturated heterocycles. The molecule has 33 heavy (non-hydrogen) atoms. The summed E-state index contributed by atoms with van der Waals surface area (Å²) in [6.07, 6.45) is 0. The summed E-state index contributed by atoms with van der Waals surface area (Å²) in [5, 5.41) is 10.1. The van der Waals surface area contributed by atoms with Crippen LogP contribution in [0.3, 0.4) is 0 Å². The minimum Gasteiger partial charge on any atom is -0.494 e. The van der Waals surface area contributed by atoms with E-state index in [0.29, 0.717) is 22.6 Å². The first-order valence-corrected chi connectivity index (χ1v) is 12.0. The monoisotopic (exact) mass is 477 g/mol. The Labute approximate surface area is 202 Å². The molecule has 1 aromatic heterocycles. The third-order valence-corrected chi connectivity index (χ3v) is 6.30. The molecule has 168 valence electrons. The van der Waals surface area contributed by atoms with Crippen molar-refractivity contribution in [3.63, 3.8) is 0 Å². The molecule has 4 aromatic rings. The average Bonchev–Trinajstić information content (AvgIpc) is 3.22. The Morgan fingerprint density at radius 1 is 1.03 bits per heavy atom. The van der Waals surface area contributed by atoms with Crippen molar-refractivity contribution in [2.45, 2.75) is 25.9 Å². The van der Waals surface area contributed by atoms with Crippen LogP contribution in [0.4, 0.5) is 0 Å². The van der Waals surface area contributed by atoms with Crippen LogP contribution in [0.2, 0.25) is 5.02 Å². The van der Waals surface area contributed by atoms with Crippen molar-refractivity contribution in [2.75, 3.05) is 12.4 Å². The molecule has 0 aliphatic carbocycles. The van der Waals surface area contributed by atoms with E-state index in [0.717, 1.165) is 33.7 Å². The molecule has 0 amide bonds. The van der Waals surface area contributed by atoms with Crippen LogP contribution in [0.5, 0.6) is 5.75 Å². The minimum absolute atomic E-state index is 0.0584. The predicted molar refractivity (Wildman–Crippen MR) is 134 cm³/mol. The minimum atomic E-state index is 0.0584. The maximum absolute atomic E-state index is 12.9. The topological polar surface area (TPSA) is 57.0 Å². The fraction of sp³-hybridized carbons (Fsp3) is 0.192. The zero-order valence-corrected chi connectivity index (χ0v) is 20.3. The van der Waals surface area contributed by atoms with E-state index in [2.05, 4.69) is 10.2 Å². The molecule has 5 nitrogen and oxygen atoms in total. The number of hydrogen-bond donors (Lipinski definition) is 0. The number of aryl methyl sites for hydroxylation is 2. The summed E-state index contributed by atoms with van der Waals surface area (Å²) in [5.41, 5.74) is 4.57. The van der Waals surface area contributed by atoms with E-state index in [1.807, 2.05) is 92.1 Å². The first kappa shape index (κ1) is 23.1. The summed E-state index contributed by atoms with van der Waals surface area (Å²) in [6.45, 7) is 6.53. The van der Waals surface area contributed by atoms with E-state index in [9.17, 15) is 4.79 Å². The van der Waals surface area contributed by atoms with Gasteiger partial charge in [-0.1, -0.05) is 59.3 Å². The predicted octanol–water partition coefficient (Wildman–Crippen LogP) is 6.58. The molecular weight excluding hydrogens is 454 g/mol. The van der Waals surface area contributed by atoms with E-state index in [4.69, 9.17) is 16.3 Å². The van der Waals surface area contributed by atoms with Crippen molar-refractivity contribution in [3.8, 4) is 22.8 Å². The molecule has 0 N–H and O–H groups in total. The van der Waals surface area contributed by atoms with Gasteiger partial charge in [-0.3, -0.25) is 9.36 Å². The van der Waals surface area contributed by atoms with Gasteiger partial charge in [-0.25, -0.2) is 0 Å². The SMILES string of the molecule is CCOc1ccc(-n2c(SCC(=O)c3ccc(C)cc3C)nnc2-c2cccc(Cl)c2)cc1. The highest BCUT2D eigenvalue weighted by atomic mass is 35.5. The molecule has 0 bridgehead atoms. The van der Waals surface area contributed by atoms with E-state index < -0.39 is 0 Å². The average molecular weight is 478 g/mol. The molecule has 0 radical (unpaired) electrons. The summed E-state index contributed by atoms with van der Waals surface area (Å²) < 4.78 is 7.52. The molecule has 0 atom stereocenters. The van der Waals surface area contributed by atoms with Gasteiger partial charge in [0.05, 0.1) is 12.4 Å². The van der Waals surface area contributed by atoms with Gasteiger partial charge in [-0.05, 0) is 62.7 Å². The number of thioether (sulfide) groups is 1. The van der Waals surface area contributed by atoms with Crippen molar-refractivity contribution in [3.05, 3.63) is 88.4 Å². The third-order valence-electron chi connectivity index (χ3n) is 5.14. The summed E-state index contributed by atoms with van der Waals surface area (Å²) in [5.74, 6) is 1.76. The number of ether oxygens (including phenoxy) is 1. The number of Topliss-reactive ketones (excluding diaryl/α,β-unsaturated/α-hetero) is 1. The summed E-state index contributed by atoms with van der Waals surface area (Å²) in [7, 11) is 0. The Kier molecular flexibility index (Phi) is 7.16. The van der Waals surface area contributed by atoms with Crippen LogP contribution >= 0.6 is 23.4 Å². The lowest BCUT2D eigenvalue weighted by Gasteiger charge is -2.12. The summed E-state index contributed by atoms with van der Waals surface area (Å²) in [6, 6.07) is 21.1. The summed E-state index contributed by atoms with van der Waals surface area (Å²) >= 11 is 7.60. The molecular formula is C26H24ClN3O2S. The Morgan fingerprint density at radius 3 is 2.52 bits per heavy atom. The largest absolute Gasteiger partial charge is 0.494 e. The van der Waals surface area contributed by atoms with Gasteiger partial charge >= 0.3 is 0 Å². The first-order chi connectivity index (χ1) is 16.0. The van der Waals surface area contributed by atoms with Crippen LogP contribution in [0.25, 0.3) is 17.1 Å². The molecule has 4 rings (SSSR count). The van der Waals surface area contributed by atoms with E-state index in [1.165, 1.54) is 11.8 Å². The lowest BCUT2D eigenvalue weighted by atomic mass is 10.0. The van der Waals surface area contributed by atoms with Crippen molar-refractivity contribution in [1.29, 1.82) is 0 Å². The van der Waals surface area contributed by atoms with Crippen molar-refractivity contribution >= 4 is 29.1 Å². The normalized spacial score (nSPS) is 10.9. The maximum Gasteiger partial charge on any atom is 0.196 e. The number of nitrogens with zero attached hydrogens (tertiary/aromatic N) is 3. The zero-order valence-electron chi connectivity index (χ0n) is 18.7. The quantitative estimate of drug-likeness (QED) is 0.212. The molecule has 1 heterocycles. The number of rotatable bonds is 8. The fourth-order valence-electron chi connectivity index (χ4n) is 3.60. The number of carbonyl (C=O) groups excluding carboxylic acids is 1. The molecule has 0 fully saturated rings. The maximum atomic E-state index is 12.9. The smallest absolute Gasteiger partial charge is 0.196 e. The second-order valence-electron chi connectivity index (χ2n) is 7.61. The molecule has 7 heteroatoms. The molecule has 0 spiro atoms. The second-order valence-corrected chi connectivity index (χ2v) is 8.99. The number of benzene rings is 3. The van der Waals surface area contributed by atoms with Crippen molar-refractivity contribution in [2.24, 2.45) is 0 Å². The van der Waals surface area contributed by atoms with Crippen LogP contribution in [-0.2, 0) is 0 Å². The van der Waals surface area contributed by atoms with E-state index >= 15 is 0 Å². The Morgan fingerprint density at radius 2 is 1.82 bits per heavy atom. The molecule has 0 unspecified atom stereocenters.